The number of carboxylic acid groups (broad SMARTS) is 1. The molecule has 0 aromatic carbocycles. The van der Waals surface area contributed by atoms with E-state index in [1.54, 1.807) is 0 Å². The van der Waals surface area contributed by atoms with Gasteiger partial charge in [0.2, 0.25) is 0 Å². The Labute approximate surface area is 109 Å². The number of hydrogen-bond acceptors (Lipinski definition) is 4. The summed E-state index contributed by atoms with van der Waals surface area (Å²) >= 11 is 4.07. The van der Waals surface area contributed by atoms with Crippen LogP contribution in [0.3, 0.4) is 0 Å². The summed E-state index contributed by atoms with van der Waals surface area (Å²) in [4.78, 5) is 19.5. The minimum absolute atomic E-state index is 0. The Morgan fingerprint density at radius 1 is 1.20 bits per heavy atom. The van der Waals surface area contributed by atoms with E-state index < -0.39 is 11.1 Å². The smallest absolute Gasteiger partial charge is 0.742 e. The van der Waals surface area contributed by atoms with Crippen LogP contribution in [0, 0.1) is 0 Å². The Morgan fingerprint density at radius 2 is 1.60 bits per heavy atom. The first-order valence-electron chi connectivity index (χ1n) is 2.02. The summed E-state index contributed by atoms with van der Waals surface area (Å²) in [5.74, 6) is -1.23. The second-order valence-corrected chi connectivity index (χ2v) is 1.70. The average molecular weight is 178 g/mol. The topological polar surface area (TPSA) is 57.2 Å². The molecule has 0 heterocycles. The molecule has 0 bridgehead atoms. The van der Waals surface area contributed by atoms with Crippen molar-refractivity contribution in [3.05, 3.63) is 0 Å². The van der Waals surface area contributed by atoms with Crippen molar-refractivity contribution >= 4 is 23.7 Å². The molecule has 0 unspecified atom stereocenters. The molecule has 0 saturated carbocycles. The molecule has 6 heteroatoms. The second-order valence-electron chi connectivity index (χ2n) is 1.24. The third-order valence-electron chi connectivity index (χ3n) is 0.533. The number of aliphatic carboxylic acids is 1. The molecule has 0 spiro atoms. The van der Waals surface area contributed by atoms with E-state index in [0.29, 0.717) is 0 Å². The van der Waals surface area contributed by atoms with E-state index in [0.717, 1.165) is 0 Å². The molecule has 0 amide bonds. The first-order valence-corrected chi connectivity index (χ1v) is 2.43. The molecular weight excluding hydrogens is 174 g/mol. The van der Waals surface area contributed by atoms with Crippen molar-refractivity contribution in [3.63, 3.8) is 0 Å². The van der Waals surface area contributed by atoms with Gasteiger partial charge in [0.05, 0.1) is 0 Å². The molecule has 0 saturated heterocycles. The van der Waals surface area contributed by atoms with Crippen LogP contribution < -0.4 is 64.2 Å². The molecule has 0 radical (unpaired) electrons. The van der Waals surface area contributed by atoms with E-state index >= 15 is 0 Å². The van der Waals surface area contributed by atoms with Gasteiger partial charge in [-0.25, -0.2) is 0 Å². The standard InChI is InChI=1S/C4H6O3S.2Na/c5-3(6)1-2-4(7)8;;/h1-2H2,(H,5,6)(H,7,8);;/q;2*+1/p-2. The third-order valence-corrected chi connectivity index (χ3v) is 0.737. The first kappa shape index (κ1) is 17.4. The van der Waals surface area contributed by atoms with Crippen LogP contribution in [0.25, 0.3) is 0 Å². The van der Waals surface area contributed by atoms with Crippen molar-refractivity contribution in [1.29, 1.82) is 0 Å². The minimum atomic E-state index is -1.23. The van der Waals surface area contributed by atoms with Gasteiger partial charge in [-0.1, -0.05) is 0 Å². The van der Waals surface area contributed by atoms with Crippen molar-refractivity contribution in [2.45, 2.75) is 12.8 Å². The van der Waals surface area contributed by atoms with Crippen LogP contribution in [0.5, 0.6) is 0 Å². The third kappa shape index (κ3) is 16.2. The molecule has 0 rings (SSSR count). The van der Waals surface area contributed by atoms with Gasteiger partial charge in [0, 0.05) is 11.1 Å². The maximum atomic E-state index is 9.87. The van der Waals surface area contributed by atoms with Crippen LogP contribution in [-0.2, 0) is 22.2 Å². The van der Waals surface area contributed by atoms with Crippen LogP contribution in [0.1, 0.15) is 12.8 Å². The van der Waals surface area contributed by atoms with Gasteiger partial charge in [-0.15, -0.1) is 0 Å². The van der Waals surface area contributed by atoms with E-state index in [4.69, 9.17) is 0 Å². The van der Waals surface area contributed by atoms with Gasteiger partial charge in [0.25, 0.3) is 0 Å². The molecule has 0 atom stereocenters. The van der Waals surface area contributed by atoms with Crippen molar-refractivity contribution in [2.24, 2.45) is 0 Å². The zero-order valence-electron chi connectivity index (χ0n) is 6.05. The largest absolute Gasteiger partial charge is 1.00 e. The fraction of sp³-hybridized carbons (Fsp3) is 0.500. The number of carbonyl (C=O) groups is 2. The molecule has 0 aromatic rings. The van der Waals surface area contributed by atoms with Crippen LogP contribution >= 0.6 is 0 Å². The van der Waals surface area contributed by atoms with Gasteiger partial charge in [0.1, 0.15) is 0 Å². The normalized spacial score (nSPS) is 6.80. The summed E-state index contributed by atoms with van der Waals surface area (Å²) in [6.45, 7) is 0. The molecule has 0 aliphatic heterocycles. The van der Waals surface area contributed by atoms with Crippen LogP contribution in [0.2, 0.25) is 0 Å². The summed E-state index contributed by atoms with van der Waals surface area (Å²) in [6, 6.07) is 0. The van der Waals surface area contributed by atoms with Crippen LogP contribution in [0.15, 0.2) is 0 Å². The SMILES string of the molecule is O=C([O-])CCC(=O)[S-].[Na+].[Na+]. The Balaban J connectivity index is -0.000000245. The van der Waals surface area contributed by atoms with Crippen molar-refractivity contribution in [3.8, 4) is 0 Å². The molecule has 0 N–H and O–H groups in total. The summed E-state index contributed by atoms with van der Waals surface area (Å²) in [7, 11) is 0. The maximum absolute atomic E-state index is 9.87. The zero-order chi connectivity index (χ0) is 6.57. The summed E-state index contributed by atoms with van der Waals surface area (Å²) in [5.41, 5.74) is 0. The predicted molar refractivity (Wildman–Crippen MR) is 26.6 cm³/mol. The Morgan fingerprint density at radius 3 is 1.70 bits per heavy atom. The molecule has 0 fully saturated rings. The van der Waals surface area contributed by atoms with Crippen LogP contribution in [0.4, 0.5) is 0 Å². The second kappa shape index (κ2) is 10.4. The van der Waals surface area contributed by atoms with E-state index in [-0.39, 0.29) is 72.0 Å². The van der Waals surface area contributed by atoms with E-state index in [9.17, 15) is 14.7 Å². The number of hydrogen-bond donors (Lipinski definition) is 0. The van der Waals surface area contributed by atoms with Crippen LogP contribution in [-0.4, -0.2) is 11.1 Å². The summed E-state index contributed by atoms with van der Waals surface area (Å²) in [5, 5.41) is 9.06. The molecule has 0 aliphatic rings. The maximum Gasteiger partial charge on any atom is 1.00 e. The van der Waals surface area contributed by atoms with Gasteiger partial charge in [-0.3, -0.25) is 0 Å². The average Bonchev–Trinajstić information content (AvgIpc) is 1.61. The summed E-state index contributed by atoms with van der Waals surface area (Å²) in [6.07, 6.45) is -0.361. The molecule has 46 valence electrons. The fourth-order valence-electron chi connectivity index (χ4n) is 0.204. The molecule has 0 aromatic heterocycles. The summed E-state index contributed by atoms with van der Waals surface area (Å²) < 4.78 is 0. The zero-order valence-corrected chi connectivity index (χ0v) is 10.9. The molecule has 0 aliphatic carbocycles. The van der Waals surface area contributed by atoms with E-state index in [2.05, 4.69) is 12.6 Å². The van der Waals surface area contributed by atoms with Gasteiger partial charge in [0.15, 0.2) is 0 Å². The fourth-order valence-corrected chi connectivity index (χ4v) is 0.306. The van der Waals surface area contributed by atoms with Gasteiger partial charge < -0.3 is 27.3 Å². The minimum Gasteiger partial charge on any atom is -0.742 e. The predicted octanol–water partition coefficient (Wildman–Crippen LogP) is -7.40. The molecule has 10 heavy (non-hydrogen) atoms. The van der Waals surface area contributed by atoms with Crippen molar-refractivity contribution < 1.29 is 73.8 Å². The monoisotopic (exact) mass is 178 g/mol. The first-order chi connectivity index (χ1) is 3.63. The number of carboxylic acids is 1. The quantitative estimate of drug-likeness (QED) is 0.318. The Bertz CT molecular complexity index is 103. The Hall–Kier alpha value is 1.36. The van der Waals surface area contributed by atoms with Gasteiger partial charge in [-0.2, -0.15) is 0 Å². The van der Waals surface area contributed by atoms with Gasteiger partial charge >= 0.3 is 59.1 Å². The molecule has 3 nitrogen and oxygen atoms in total. The number of rotatable bonds is 3. The van der Waals surface area contributed by atoms with Crippen molar-refractivity contribution in [2.75, 3.05) is 0 Å². The Kier molecular flexibility index (Phi) is 18.1. The molecular formula is C4H4Na2O3S. The van der Waals surface area contributed by atoms with E-state index in [1.807, 2.05) is 0 Å². The van der Waals surface area contributed by atoms with Crippen molar-refractivity contribution in [1.82, 2.24) is 0 Å². The number of carbonyl (C=O) groups excluding carboxylic acids is 2. The van der Waals surface area contributed by atoms with E-state index in [1.165, 1.54) is 0 Å². The van der Waals surface area contributed by atoms with Gasteiger partial charge in [-0.05, 0) is 12.8 Å².